The van der Waals surface area contributed by atoms with E-state index in [1.54, 1.807) is 29.1 Å². The van der Waals surface area contributed by atoms with Gasteiger partial charge in [-0.3, -0.25) is 9.48 Å². The third-order valence-electron chi connectivity index (χ3n) is 6.18. The maximum Gasteiger partial charge on any atom is 0.275 e. The molecule has 1 aliphatic rings. The molecule has 1 fully saturated rings. The molecule has 2 N–H and O–H groups in total. The van der Waals surface area contributed by atoms with Gasteiger partial charge in [-0.15, -0.1) is 0 Å². The number of carbonyl (C=O) groups is 1. The van der Waals surface area contributed by atoms with Gasteiger partial charge < -0.3 is 15.3 Å². The molecule has 162 valence electrons. The van der Waals surface area contributed by atoms with Crippen LogP contribution in [0.4, 0.5) is 11.6 Å². The molecule has 9 nitrogen and oxygen atoms in total. The van der Waals surface area contributed by atoms with E-state index in [4.69, 9.17) is 0 Å². The average molecular weight is 422 g/mol. The van der Waals surface area contributed by atoms with Crippen molar-refractivity contribution in [2.45, 2.75) is 26.4 Å². The van der Waals surface area contributed by atoms with E-state index in [2.05, 4.69) is 30.3 Å². The van der Waals surface area contributed by atoms with E-state index in [1.165, 1.54) is 6.33 Å². The summed E-state index contributed by atoms with van der Waals surface area (Å²) in [5.74, 6) is 0.948. The lowest BCUT2D eigenvalue weighted by atomic mass is 9.76. The lowest BCUT2D eigenvalue weighted by Gasteiger charge is -2.46. The summed E-state index contributed by atoms with van der Waals surface area (Å²) in [4.78, 5) is 27.9. The summed E-state index contributed by atoms with van der Waals surface area (Å²) >= 11 is 0. The summed E-state index contributed by atoms with van der Waals surface area (Å²) < 4.78 is 1.69. The van der Waals surface area contributed by atoms with Crippen LogP contribution in [0, 0.1) is 11.8 Å². The van der Waals surface area contributed by atoms with Gasteiger partial charge in [0, 0.05) is 49.8 Å². The predicted octanol–water partition coefficient (Wildman–Crippen LogP) is 2.37. The first-order chi connectivity index (χ1) is 14.7. The molecule has 0 saturated carbocycles. The van der Waals surface area contributed by atoms with E-state index in [1.807, 2.05) is 40.1 Å². The Labute approximate surface area is 181 Å². The maximum atomic E-state index is 12.8. The van der Waals surface area contributed by atoms with Crippen LogP contribution in [0.25, 0.3) is 11.3 Å². The van der Waals surface area contributed by atoms with Crippen LogP contribution in [0.1, 0.15) is 31.3 Å². The van der Waals surface area contributed by atoms with Gasteiger partial charge in [-0.05, 0) is 19.1 Å². The molecule has 0 spiro atoms. The van der Waals surface area contributed by atoms with Crippen molar-refractivity contribution in [1.82, 2.24) is 24.7 Å². The number of pyridine rings is 1. The maximum absolute atomic E-state index is 12.8. The third kappa shape index (κ3) is 4.27. The molecule has 0 bridgehead atoms. The van der Waals surface area contributed by atoms with Gasteiger partial charge in [-0.1, -0.05) is 19.9 Å². The summed E-state index contributed by atoms with van der Waals surface area (Å²) in [7, 11) is 1.83. The molecule has 0 aromatic carbocycles. The molecule has 9 heteroatoms. The topological polar surface area (TPSA) is 109 Å². The van der Waals surface area contributed by atoms with Crippen LogP contribution in [0.15, 0.2) is 43.0 Å². The van der Waals surface area contributed by atoms with Crippen LogP contribution >= 0.6 is 0 Å². The van der Waals surface area contributed by atoms with Crippen LogP contribution in [-0.2, 0) is 7.05 Å². The van der Waals surface area contributed by atoms with Crippen LogP contribution in [-0.4, -0.2) is 54.4 Å². The van der Waals surface area contributed by atoms with Crippen molar-refractivity contribution in [3.8, 4) is 11.3 Å². The smallest absolute Gasteiger partial charge is 0.275 e. The van der Waals surface area contributed by atoms with Gasteiger partial charge in [0.25, 0.3) is 5.91 Å². The van der Waals surface area contributed by atoms with Crippen LogP contribution < -0.4 is 10.2 Å². The van der Waals surface area contributed by atoms with Crippen molar-refractivity contribution in [2.75, 3.05) is 23.3 Å². The van der Waals surface area contributed by atoms with E-state index in [-0.39, 0.29) is 23.4 Å². The Balaban J connectivity index is 1.50. The van der Waals surface area contributed by atoms with E-state index >= 15 is 0 Å². The Bertz CT molecular complexity index is 1080. The number of piperidine rings is 1. The van der Waals surface area contributed by atoms with Gasteiger partial charge in [-0.25, -0.2) is 15.0 Å². The second kappa shape index (κ2) is 8.07. The predicted molar refractivity (Wildman–Crippen MR) is 118 cm³/mol. The van der Waals surface area contributed by atoms with Crippen molar-refractivity contribution < 1.29 is 9.90 Å². The minimum atomic E-state index is -0.717. The van der Waals surface area contributed by atoms with Crippen LogP contribution in [0.3, 0.4) is 0 Å². The number of aliphatic hydroxyl groups is 1. The SMILES string of the molecule is C[C@@H]1CN(c2cc(NC(=O)c3cccc(-c4cnn(C)c4)n3)ncn2)C[C@H](C)C1(C)O. The molecule has 1 unspecified atom stereocenters. The molecule has 3 atom stereocenters. The largest absolute Gasteiger partial charge is 0.389 e. The zero-order valence-electron chi connectivity index (χ0n) is 18.1. The van der Waals surface area contributed by atoms with E-state index < -0.39 is 5.60 Å². The summed E-state index contributed by atoms with van der Waals surface area (Å²) in [6.45, 7) is 7.31. The van der Waals surface area contributed by atoms with Crippen LogP contribution in [0.2, 0.25) is 0 Å². The first kappa shape index (κ1) is 20.9. The summed E-state index contributed by atoms with van der Waals surface area (Å²) in [5.41, 5.74) is 1.09. The van der Waals surface area contributed by atoms with Crippen molar-refractivity contribution in [2.24, 2.45) is 18.9 Å². The Morgan fingerprint density at radius 3 is 2.65 bits per heavy atom. The van der Waals surface area contributed by atoms with E-state index in [0.717, 1.165) is 11.4 Å². The molecule has 3 aromatic heterocycles. The number of hydrogen-bond donors (Lipinski definition) is 2. The highest BCUT2D eigenvalue weighted by molar-refractivity contribution is 6.02. The van der Waals surface area contributed by atoms with Gasteiger partial charge >= 0.3 is 0 Å². The zero-order valence-corrected chi connectivity index (χ0v) is 18.1. The minimum absolute atomic E-state index is 0.0867. The van der Waals surface area contributed by atoms with Gasteiger partial charge in [0.2, 0.25) is 0 Å². The average Bonchev–Trinajstić information content (AvgIpc) is 3.19. The Hall–Kier alpha value is -3.33. The standard InChI is InChI=1S/C22H27N7O2/c1-14-10-29(11-15(2)22(14,3)31)20-8-19(23-13-24-20)27-21(30)18-7-5-6-17(26-18)16-9-25-28(4)12-16/h5-9,12-15,31H,10-11H2,1-4H3,(H,23,24,27,30)/t14-,15+,22?. The third-order valence-corrected chi connectivity index (χ3v) is 6.18. The monoisotopic (exact) mass is 421 g/mol. The molecule has 4 rings (SSSR count). The summed E-state index contributed by atoms with van der Waals surface area (Å²) in [6, 6.07) is 7.04. The highest BCUT2D eigenvalue weighted by Crippen LogP contribution is 2.34. The lowest BCUT2D eigenvalue weighted by Crippen LogP contribution is -2.55. The van der Waals surface area contributed by atoms with Gasteiger partial charge in [0.1, 0.15) is 23.7 Å². The van der Waals surface area contributed by atoms with Gasteiger partial charge in [-0.2, -0.15) is 5.10 Å². The highest BCUT2D eigenvalue weighted by Gasteiger charge is 2.40. The number of amides is 1. The number of nitrogens with zero attached hydrogens (tertiary/aromatic N) is 6. The van der Waals surface area contributed by atoms with Crippen molar-refractivity contribution in [1.29, 1.82) is 0 Å². The Morgan fingerprint density at radius 2 is 1.97 bits per heavy atom. The highest BCUT2D eigenvalue weighted by atomic mass is 16.3. The minimum Gasteiger partial charge on any atom is -0.389 e. The summed E-state index contributed by atoms with van der Waals surface area (Å²) in [5, 5.41) is 17.6. The fourth-order valence-electron chi connectivity index (χ4n) is 3.82. The number of nitrogens with one attached hydrogen (secondary N) is 1. The van der Waals surface area contributed by atoms with Crippen molar-refractivity contribution in [3.05, 3.63) is 48.7 Å². The molecular formula is C22H27N7O2. The molecule has 1 saturated heterocycles. The second-order valence-corrected chi connectivity index (χ2v) is 8.46. The molecule has 1 amide bonds. The quantitative estimate of drug-likeness (QED) is 0.666. The summed E-state index contributed by atoms with van der Waals surface area (Å²) in [6.07, 6.45) is 4.99. The zero-order chi connectivity index (χ0) is 22.2. The normalized spacial score (nSPS) is 23.6. The number of carbonyl (C=O) groups excluding carboxylic acids is 1. The number of hydrogen-bond acceptors (Lipinski definition) is 7. The fourth-order valence-corrected chi connectivity index (χ4v) is 3.82. The molecule has 0 radical (unpaired) electrons. The molecule has 3 aromatic rings. The Morgan fingerprint density at radius 1 is 1.23 bits per heavy atom. The lowest BCUT2D eigenvalue weighted by molar-refractivity contribution is -0.0504. The molecule has 31 heavy (non-hydrogen) atoms. The van der Waals surface area contributed by atoms with Crippen LogP contribution in [0.5, 0.6) is 0 Å². The molecular weight excluding hydrogens is 394 g/mol. The van der Waals surface area contributed by atoms with Gasteiger partial charge in [0.15, 0.2) is 0 Å². The molecule has 1 aliphatic heterocycles. The number of aromatic nitrogens is 5. The van der Waals surface area contributed by atoms with Crippen molar-refractivity contribution >= 4 is 17.5 Å². The molecule has 0 aliphatic carbocycles. The van der Waals surface area contributed by atoms with E-state index in [0.29, 0.717) is 24.6 Å². The number of aryl methyl sites for hydroxylation is 1. The van der Waals surface area contributed by atoms with Gasteiger partial charge in [0.05, 0.1) is 17.5 Å². The Kier molecular flexibility index (Phi) is 5.45. The van der Waals surface area contributed by atoms with Crippen molar-refractivity contribution in [3.63, 3.8) is 0 Å². The fraction of sp³-hybridized carbons (Fsp3) is 0.409. The first-order valence-electron chi connectivity index (χ1n) is 10.3. The first-order valence-corrected chi connectivity index (χ1v) is 10.3. The van der Waals surface area contributed by atoms with E-state index in [9.17, 15) is 9.90 Å². The number of rotatable bonds is 4. The number of anilines is 2. The second-order valence-electron chi connectivity index (χ2n) is 8.46. The molecule has 4 heterocycles.